The molecule has 1 fully saturated rings. The van der Waals surface area contributed by atoms with Crippen LogP contribution in [0.3, 0.4) is 0 Å². The maximum atomic E-state index is 13.0. The zero-order chi connectivity index (χ0) is 22.5. The van der Waals surface area contributed by atoms with Gasteiger partial charge in [-0.1, -0.05) is 23.2 Å². The zero-order valence-corrected chi connectivity index (χ0v) is 19.8. The summed E-state index contributed by atoms with van der Waals surface area (Å²) in [5.74, 6) is -0.323. The van der Waals surface area contributed by atoms with Crippen LogP contribution >= 0.6 is 35.6 Å². The number of nitrogens with one attached hydrogen (secondary N) is 2. The highest BCUT2D eigenvalue weighted by atomic mass is 35.5. The highest BCUT2D eigenvalue weighted by molar-refractivity contribution is 6.31. The molecule has 0 unspecified atom stereocenters. The van der Waals surface area contributed by atoms with E-state index in [9.17, 15) is 9.59 Å². The van der Waals surface area contributed by atoms with Crippen molar-refractivity contribution in [3.8, 4) is 0 Å². The largest absolute Gasteiger partial charge is 0.371 e. The van der Waals surface area contributed by atoms with Crippen molar-refractivity contribution in [2.45, 2.75) is 12.8 Å². The van der Waals surface area contributed by atoms with Crippen molar-refractivity contribution in [2.24, 2.45) is 5.92 Å². The van der Waals surface area contributed by atoms with Crippen LogP contribution < -0.4 is 15.5 Å². The Labute approximate surface area is 207 Å². The minimum atomic E-state index is -0.403. The first kappa shape index (κ1) is 24.8. The van der Waals surface area contributed by atoms with Crippen LogP contribution in [0.15, 0.2) is 61.1 Å². The van der Waals surface area contributed by atoms with Crippen molar-refractivity contribution in [2.75, 3.05) is 28.6 Å². The second-order valence-corrected chi connectivity index (χ2v) is 8.33. The highest BCUT2D eigenvalue weighted by Crippen LogP contribution is 2.27. The van der Waals surface area contributed by atoms with Crippen molar-refractivity contribution in [1.29, 1.82) is 0 Å². The topological polar surface area (TPSA) is 87.2 Å². The summed E-state index contributed by atoms with van der Waals surface area (Å²) in [5, 5.41) is 6.50. The fourth-order valence-corrected chi connectivity index (χ4v) is 3.92. The summed E-state index contributed by atoms with van der Waals surface area (Å²) in [7, 11) is 0. The third kappa shape index (κ3) is 6.35. The SMILES string of the molecule is Cl.O=C(Nc1ccc(Cl)cn1)c1ccc(Cl)cc1NC(=O)C1CCN(c2ccncc2)CC1. The predicted octanol–water partition coefficient (Wildman–Crippen LogP) is 5.31. The van der Waals surface area contributed by atoms with E-state index in [0.29, 0.717) is 40.0 Å². The van der Waals surface area contributed by atoms with Gasteiger partial charge in [0.15, 0.2) is 0 Å². The molecule has 1 aliphatic heterocycles. The van der Waals surface area contributed by atoms with E-state index in [4.69, 9.17) is 23.2 Å². The van der Waals surface area contributed by atoms with Crippen LogP contribution in [0, 0.1) is 5.92 Å². The Kier molecular flexibility index (Phi) is 8.49. The van der Waals surface area contributed by atoms with E-state index in [-0.39, 0.29) is 24.2 Å². The number of pyridine rings is 2. The lowest BCUT2D eigenvalue weighted by Gasteiger charge is -2.33. The second-order valence-electron chi connectivity index (χ2n) is 7.46. The molecule has 4 rings (SSSR count). The number of anilines is 3. The van der Waals surface area contributed by atoms with Gasteiger partial charge in [0.25, 0.3) is 5.91 Å². The van der Waals surface area contributed by atoms with Crippen molar-refractivity contribution in [3.63, 3.8) is 0 Å². The lowest BCUT2D eigenvalue weighted by molar-refractivity contribution is -0.120. The molecule has 0 radical (unpaired) electrons. The molecule has 0 bridgehead atoms. The molecule has 0 spiro atoms. The molecule has 1 aromatic carbocycles. The van der Waals surface area contributed by atoms with Gasteiger partial charge in [0.05, 0.1) is 16.3 Å². The molecule has 0 saturated carbocycles. The van der Waals surface area contributed by atoms with Crippen molar-refractivity contribution in [1.82, 2.24) is 9.97 Å². The van der Waals surface area contributed by atoms with Gasteiger partial charge in [0.1, 0.15) is 5.82 Å². The maximum Gasteiger partial charge on any atom is 0.258 e. The lowest BCUT2D eigenvalue weighted by Crippen LogP contribution is -2.38. The van der Waals surface area contributed by atoms with Gasteiger partial charge >= 0.3 is 0 Å². The van der Waals surface area contributed by atoms with Gasteiger partial charge in [0.2, 0.25) is 5.91 Å². The Morgan fingerprint density at radius 2 is 1.64 bits per heavy atom. The van der Waals surface area contributed by atoms with E-state index in [1.165, 1.54) is 6.20 Å². The summed E-state index contributed by atoms with van der Waals surface area (Å²) in [5.41, 5.74) is 1.77. The normalized spacial score (nSPS) is 13.7. The van der Waals surface area contributed by atoms with E-state index in [0.717, 1.165) is 18.8 Å². The van der Waals surface area contributed by atoms with Crippen molar-refractivity contribution >= 4 is 64.6 Å². The van der Waals surface area contributed by atoms with Gasteiger partial charge in [-0.3, -0.25) is 14.6 Å². The average molecular weight is 507 g/mol. The molecule has 10 heteroatoms. The third-order valence-electron chi connectivity index (χ3n) is 5.35. The number of carbonyl (C=O) groups excluding carboxylic acids is 2. The molecular formula is C23H22Cl3N5O2. The molecule has 33 heavy (non-hydrogen) atoms. The van der Waals surface area contributed by atoms with Crippen LogP contribution in [-0.2, 0) is 4.79 Å². The summed E-state index contributed by atoms with van der Waals surface area (Å²) < 4.78 is 0. The van der Waals surface area contributed by atoms with Crippen LogP contribution in [0.25, 0.3) is 0 Å². The first-order valence-electron chi connectivity index (χ1n) is 10.2. The summed E-state index contributed by atoms with van der Waals surface area (Å²) in [6.07, 6.45) is 6.40. The number of carbonyl (C=O) groups is 2. The second kappa shape index (κ2) is 11.3. The minimum Gasteiger partial charge on any atom is -0.371 e. The first-order valence-corrected chi connectivity index (χ1v) is 10.9. The molecule has 172 valence electrons. The number of nitrogens with zero attached hydrogens (tertiary/aromatic N) is 3. The van der Waals surface area contributed by atoms with E-state index < -0.39 is 5.91 Å². The quantitative estimate of drug-likeness (QED) is 0.489. The van der Waals surface area contributed by atoms with Crippen LogP contribution in [0.1, 0.15) is 23.2 Å². The molecule has 3 aromatic rings. The monoisotopic (exact) mass is 505 g/mol. The van der Waals surface area contributed by atoms with E-state index in [1.807, 2.05) is 12.1 Å². The van der Waals surface area contributed by atoms with E-state index >= 15 is 0 Å². The molecule has 7 nitrogen and oxygen atoms in total. The maximum absolute atomic E-state index is 13.0. The number of hydrogen-bond acceptors (Lipinski definition) is 5. The minimum absolute atomic E-state index is 0. The number of benzene rings is 1. The smallest absolute Gasteiger partial charge is 0.258 e. The number of rotatable bonds is 5. The van der Waals surface area contributed by atoms with Crippen molar-refractivity contribution in [3.05, 3.63) is 76.7 Å². The lowest BCUT2D eigenvalue weighted by atomic mass is 9.95. The number of aromatic nitrogens is 2. The standard InChI is InChI=1S/C23H21Cl2N5O2.ClH/c24-16-1-3-19(23(32)29-21-4-2-17(25)14-27-21)20(13-16)28-22(31)15-7-11-30(12-8-15)18-5-9-26-10-6-18;/h1-6,9-10,13-15H,7-8,11-12H2,(H,28,31)(H,27,29,32);1H. The zero-order valence-electron chi connectivity index (χ0n) is 17.5. The Hall–Kier alpha value is -2.87. The fraction of sp³-hybridized carbons (Fsp3) is 0.217. The average Bonchev–Trinajstić information content (AvgIpc) is 2.81. The molecule has 3 heterocycles. The highest BCUT2D eigenvalue weighted by Gasteiger charge is 2.26. The summed E-state index contributed by atoms with van der Waals surface area (Å²) in [4.78, 5) is 36.1. The van der Waals surface area contributed by atoms with Gasteiger partial charge in [-0.05, 0) is 55.3 Å². The van der Waals surface area contributed by atoms with Crippen LogP contribution in [0.5, 0.6) is 0 Å². The Morgan fingerprint density at radius 3 is 2.30 bits per heavy atom. The molecule has 0 atom stereocenters. The van der Waals surface area contributed by atoms with Crippen LogP contribution in [0.2, 0.25) is 10.0 Å². The van der Waals surface area contributed by atoms with Crippen molar-refractivity contribution < 1.29 is 9.59 Å². The Bertz CT molecular complexity index is 1100. The molecule has 2 N–H and O–H groups in total. The molecule has 2 aromatic heterocycles. The molecular weight excluding hydrogens is 485 g/mol. The van der Waals surface area contributed by atoms with Gasteiger partial charge in [-0.2, -0.15) is 0 Å². The molecule has 2 amide bonds. The predicted molar refractivity (Wildman–Crippen MR) is 134 cm³/mol. The number of halogens is 3. The number of hydrogen-bond donors (Lipinski definition) is 2. The fourth-order valence-electron chi connectivity index (χ4n) is 3.64. The van der Waals surface area contributed by atoms with E-state index in [1.54, 1.807) is 42.7 Å². The number of piperidine rings is 1. The summed E-state index contributed by atoms with van der Waals surface area (Å²) >= 11 is 12.0. The Morgan fingerprint density at radius 1 is 0.939 bits per heavy atom. The van der Waals surface area contributed by atoms with Gasteiger partial charge < -0.3 is 15.5 Å². The van der Waals surface area contributed by atoms with E-state index in [2.05, 4.69) is 25.5 Å². The third-order valence-corrected chi connectivity index (χ3v) is 5.81. The molecule has 1 saturated heterocycles. The van der Waals surface area contributed by atoms with Crippen LogP contribution in [0.4, 0.5) is 17.2 Å². The van der Waals surface area contributed by atoms with Crippen LogP contribution in [-0.4, -0.2) is 34.9 Å². The molecule has 0 aliphatic carbocycles. The molecule has 1 aliphatic rings. The first-order chi connectivity index (χ1) is 15.5. The van der Waals surface area contributed by atoms with Gasteiger partial charge in [-0.15, -0.1) is 12.4 Å². The Balaban J connectivity index is 0.00000306. The summed E-state index contributed by atoms with van der Waals surface area (Å²) in [6, 6.07) is 11.9. The van der Waals surface area contributed by atoms with Gasteiger partial charge in [-0.25, -0.2) is 4.98 Å². The summed E-state index contributed by atoms with van der Waals surface area (Å²) in [6.45, 7) is 1.54. The number of amides is 2. The van der Waals surface area contributed by atoms with Gasteiger partial charge in [0, 0.05) is 48.3 Å².